The van der Waals surface area contributed by atoms with Gasteiger partial charge in [0.05, 0.1) is 16.2 Å². The molecule has 90 valence electrons. The molecule has 0 saturated heterocycles. The molecule has 7 heteroatoms. The van der Waals surface area contributed by atoms with Gasteiger partial charge in [0.2, 0.25) is 0 Å². The first-order chi connectivity index (χ1) is 8.13. The molecule has 1 N–H and O–H groups in total. The lowest BCUT2D eigenvalue weighted by Crippen LogP contribution is -1.98. The third-order valence-corrected chi connectivity index (χ3v) is 4.86. The van der Waals surface area contributed by atoms with Crippen LogP contribution >= 0.6 is 34.7 Å². The Morgan fingerprint density at radius 1 is 1.59 bits per heavy atom. The van der Waals surface area contributed by atoms with Crippen LogP contribution in [0, 0.1) is 0 Å². The fourth-order valence-electron chi connectivity index (χ4n) is 1.39. The molecule has 0 bridgehead atoms. The van der Waals surface area contributed by atoms with Gasteiger partial charge in [0.25, 0.3) is 0 Å². The molecule has 0 aromatic carbocycles. The Balaban J connectivity index is 2.48. The van der Waals surface area contributed by atoms with Crippen molar-refractivity contribution in [2.75, 3.05) is 5.75 Å². The molecule has 0 unspecified atom stereocenters. The average molecular weight is 289 g/mol. The standard InChI is InChI=1S/C10H9ClN2O2S2/c1-2-5-8(11)7-9(16-3-6(14)15)12-4-13-10(7)17-5/h4H,2-3H2,1H3,(H,14,15). The van der Waals surface area contributed by atoms with Crippen LogP contribution in [0.1, 0.15) is 11.8 Å². The summed E-state index contributed by atoms with van der Waals surface area (Å²) in [6.07, 6.45) is 2.28. The van der Waals surface area contributed by atoms with Crippen LogP contribution < -0.4 is 0 Å². The lowest BCUT2D eigenvalue weighted by Gasteiger charge is -1.99. The molecular formula is C10H9ClN2O2S2. The van der Waals surface area contributed by atoms with Gasteiger partial charge in [0.15, 0.2) is 0 Å². The Kier molecular flexibility index (Phi) is 3.86. The Morgan fingerprint density at radius 2 is 2.35 bits per heavy atom. The van der Waals surface area contributed by atoms with E-state index in [4.69, 9.17) is 16.7 Å². The van der Waals surface area contributed by atoms with Crippen molar-refractivity contribution in [3.05, 3.63) is 16.2 Å². The summed E-state index contributed by atoms with van der Waals surface area (Å²) < 4.78 is 0. The number of carboxylic acid groups (broad SMARTS) is 1. The number of nitrogens with zero attached hydrogens (tertiary/aromatic N) is 2. The van der Waals surface area contributed by atoms with Gasteiger partial charge in [0, 0.05) is 4.88 Å². The second kappa shape index (κ2) is 5.20. The predicted molar refractivity (Wildman–Crippen MR) is 70.2 cm³/mol. The Bertz CT molecular complexity index is 571. The quantitative estimate of drug-likeness (QED) is 0.692. The predicted octanol–water partition coefficient (Wildman–Crippen LogP) is 3.08. The summed E-state index contributed by atoms with van der Waals surface area (Å²) in [6, 6.07) is 0. The highest BCUT2D eigenvalue weighted by Crippen LogP contribution is 2.38. The Labute approximate surface area is 111 Å². The van der Waals surface area contributed by atoms with Crippen LogP contribution in [0.15, 0.2) is 11.4 Å². The first-order valence-electron chi connectivity index (χ1n) is 4.90. The minimum absolute atomic E-state index is 0.0280. The van der Waals surface area contributed by atoms with Crippen molar-refractivity contribution in [3.8, 4) is 0 Å². The summed E-state index contributed by atoms with van der Waals surface area (Å²) in [6.45, 7) is 2.02. The molecule has 17 heavy (non-hydrogen) atoms. The van der Waals surface area contributed by atoms with E-state index in [1.54, 1.807) is 0 Å². The first-order valence-corrected chi connectivity index (χ1v) is 7.08. The molecule has 0 aliphatic rings. The summed E-state index contributed by atoms with van der Waals surface area (Å²) >= 11 is 8.94. The van der Waals surface area contributed by atoms with E-state index in [0.717, 1.165) is 21.5 Å². The average Bonchev–Trinajstić information content (AvgIpc) is 2.64. The number of fused-ring (bicyclic) bond motifs is 1. The lowest BCUT2D eigenvalue weighted by molar-refractivity contribution is -0.133. The number of aryl methyl sites for hydroxylation is 1. The van der Waals surface area contributed by atoms with Crippen LogP contribution in [0.5, 0.6) is 0 Å². The minimum Gasteiger partial charge on any atom is -0.481 e. The number of hydrogen-bond donors (Lipinski definition) is 1. The van der Waals surface area contributed by atoms with E-state index in [1.807, 2.05) is 6.92 Å². The smallest absolute Gasteiger partial charge is 0.313 e. The number of hydrogen-bond acceptors (Lipinski definition) is 5. The summed E-state index contributed by atoms with van der Waals surface area (Å²) in [5.41, 5.74) is 0. The van der Waals surface area contributed by atoms with E-state index in [2.05, 4.69) is 9.97 Å². The second-order valence-corrected chi connectivity index (χ2v) is 5.66. The van der Waals surface area contributed by atoms with Gasteiger partial charge < -0.3 is 5.11 Å². The molecular weight excluding hydrogens is 280 g/mol. The van der Waals surface area contributed by atoms with Crippen LogP contribution in [-0.4, -0.2) is 26.8 Å². The minimum atomic E-state index is -0.871. The highest BCUT2D eigenvalue weighted by atomic mass is 35.5. The van der Waals surface area contributed by atoms with Crippen molar-refractivity contribution >= 4 is 50.9 Å². The van der Waals surface area contributed by atoms with Crippen molar-refractivity contribution in [2.24, 2.45) is 0 Å². The molecule has 0 aliphatic carbocycles. The van der Waals surface area contributed by atoms with E-state index in [-0.39, 0.29) is 5.75 Å². The molecule has 2 aromatic heterocycles. The number of rotatable bonds is 4. The fourth-order valence-corrected chi connectivity index (χ4v) is 3.69. The molecule has 0 fully saturated rings. The first kappa shape index (κ1) is 12.6. The van der Waals surface area contributed by atoms with Gasteiger partial charge in [-0.1, -0.05) is 30.3 Å². The molecule has 2 heterocycles. The monoisotopic (exact) mass is 288 g/mol. The molecule has 0 aliphatic heterocycles. The Morgan fingerprint density at radius 3 is 3.00 bits per heavy atom. The van der Waals surface area contributed by atoms with Gasteiger partial charge in [-0.15, -0.1) is 11.3 Å². The number of aromatic nitrogens is 2. The lowest BCUT2D eigenvalue weighted by atomic mass is 10.3. The van der Waals surface area contributed by atoms with Crippen LogP contribution in [0.4, 0.5) is 0 Å². The summed E-state index contributed by atoms with van der Waals surface area (Å²) in [4.78, 5) is 20.7. The highest BCUT2D eigenvalue weighted by molar-refractivity contribution is 8.00. The van der Waals surface area contributed by atoms with Crippen molar-refractivity contribution in [1.29, 1.82) is 0 Å². The largest absolute Gasteiger partial charge is 0.481 e. The second-order valence-electron chi connectivity index (χ2n) is 3.23. The van der Waals surface area contributed by atoms with E-state index in [0.29, 0.717) is 10.0 Å². The zero-order valence-electron chi connectivity index (χ0n) is 8.94. The summed E-state index contributed by atoms with van der Waals surface area (Å²) in [7, 11) is 0. The molecule has 0 atom stereocenters. The normalized spacial score (nSPS) is 10.9. The number of thioether (sulfide) groups is 1. The zero-order chi connectivity index (χ0) is 12.4. The Hall–Kier alpha value is -0.850. The van der Waals surface area contributed by atoms with Crippen molar-refractivity contribution in [3.63, 3.8) is 0 Å². The number of carboxylic acids is 1. The van der Waals surface area contributed by atoms with Crippen molar-refractivity contribution in [2.45, 2.75) is 18.4 Å². The topological polar surface area (TPSA) is 63.1 Å². The van der Waals surface area contributed by atoms with Crippen LogP contribution in [0.25, 0.3) is 10.2 Å². The third kappa shape index (κ3) is 2.53. The maximum absolute atomic E-state index is 10.6. The molecule has 0 amide bonds. The van der Waals surface area contributed by atoms with Gasteiger partial charge in [-0.2, -0.15) is 0 Å². The number of aliphatic carboxylic acids is 1. The van der Waals surface area contributed by atoms with Gasteiger partial charge >= 0.3 is 5.97 Å². The number of thiophene rings is 1. The zero-order valence-corrected chi connectivity index (χ0v) is 11.3. The SMILES string of the molecule is CCc1sc2ncnc(SCC(=O)O)c2c1Cl. The van der Waals surface area contributed by atoms with Gasteiger partial charge in [-0.25, -0.2) is 9.97 Å². The number of carbonyl (C=O) groups is 1. The van der Waals surface area contributed by atoms with E-state index in [1.165, 1.54) is 29.4 Å². The van der Waals surface area contributed by atoms with Gasteiger partial charge in [-0.05, 0) is 6.42 Å². The molecule has 2 rings (SSSR count). The molecule has 0 radical (unpaired) electrons. The van der Waals surface area contributed by atoms with Gasteiger partial charge in [0.1, 0.15) is 16.2 Å². The van der Waals surface area contributed by atoms with E-state index >= 15 is 0 Å². The van der Waals surface area contributed by atoms with Crippen LogP contribution in [0.3, 0.4) is 0 Å². The van der Waals surface area contributed by atoms with Crippen molar-refractivity contribution in [1.82, 2.24) is 9.97 Å². The van der Waals surface area contributed by atoms with E-state index < -0.39 is 5.97 Å². The van der Waals surface area contributed by atoms with Crippen LogP contribution in [-0.2, 0) is 11.2 Å². The highest BCUT2D eigenvalue weighted by Gasteiger charge is 2.15. The molecule has 0 saturated carbocycles. The molecule has 2 aromatic rings. The summed E-state index contributed by atoms with van der Waals surface area (Å²) in [5, 5.41) is 10.7. The molecule has 0 spiro atoms. The molecule has 4 nitrogen and oxygen atoms in total. The maximum atomic E-state index is 10.6. The summed E-state index contributed by atoms with van der Waals surface area (Å²) in [5.74, 6) is -0.899. The van der Waals surface area contributed by atoms with Gasteiger partial charge in [-0.3, -0.25) is 4.79 Å². The van der Waals surface area contributed by atoms with E-state index in [9.17, 15) is 4.79 Å². The third-order valence-electron chi connectivity index (χ3n) is 2.12. The van der Waals surface area contributed by atoms with Crippen LogP contribution in [0.2, 0.25) is 5.02 Å². The number of halogens is 1. The van der Waals surface area contributed by atoms with Crippen molar-refractivity contribution < 1.29 is 9.90 Å². The maximum Gasteiger partial charge on any atom is 0.313 e. The fraction of sp³-hybridized carbons (Fsp3) is 0.300.